The molecule has 0 spiro atoms. The van der Waals surface area contributed by atoms with Gasteiger partial charge >= 0.3 is 6.09 Å². The van der Waals surface area contributed by atoms with Gasteiger partial charge in [0.15, 0.2) is 10.9 Å². The maximum absolute atomic E-state index is 12.0. The summed E-state index contributed by atoms with van der Waals surface area (Å²) in [5.74, 6) is 0.718. The van der Waals surface area contributed by atoms with Crippen molar-refractivity contribution < 1.29 is 9.53 Å². The van der Waals surface area contributed by atoms with Crippen molar-refractivity contribution in [2.24, 2.45) is 4.99 Å². The Bertz CT molecular complexity index is 770. The minimum atomic E-state index is -0.509. The predicted molar refractivity (Wildman–Crippen MR) is 134 cm³/mol. The summed E-state index contributed by atoms with van der Waals surface area (Å²) in [7, 11) is 0. The van der Waals surface area contributed by atoms with E-state index in [2.05, 4.69) is 32.9 Å². The molecule has 170 valence electrons. The Morgan fingerprint density at radius 1 is 1.33 bits per heavy atom. The number of ether oxygens (including phenoxy) is 1. The fraction of sp³-hybridized carbons (Fsp3) is 0.650. The highest BCUT2D eigenvalue weighted by molar-refractivity contribution is 14.0. The van der Waals surface area contributed by atoms with Gasteiger partial charge in [-0.25, -0.2) is 14.8 Å². The van der Waals surface area contributed by atoms with E-state index in [0.29, 0.717) is 13.1 Å². The van der Waals surface area contributed by atoms with Crippen LogP contribution in [0.3, 0.4) is 0 Å². The Morgan fingerprint density at radius 2 is 2.10 bits per heavy atom. The van der Waals surface area contributed by atoms with Crippen LogP contribution in [-0.4, -0.2) is 46.2 Å². The van der Waals surface area contributed by atoms with Crippen molar-refractivity contribution in [2.45, 2.75) is 72.1 Å². The molecule has 8 nitrogen and oxygen atoms in total. The molecule has 0 bridgehead atoms. The zero-order chi connectivity index (χ0) is 21.3. The van der Waals surface area contributed by atoms with E-state index in [9.17, 15) is 4.79 Å². The van der Waals surface area contributed by atoms with Crippen LogP contribution >= 0.6 is 35.3 Å². The first kappa shape index (κ1) is 26.5. The second-order valence-corrected chi connectivity index (χ2v) is 8.76. The van der Waals surface area contributed by atoms with E-state index in [4.69, 9.17) is 4.74 Å². The number of amides is 1. The Kier molecular flexibility index (Phi) is 11.5. The molecular formula is C20H35IN6O2S. The lowest BCUT2D eigenvalue weighted by molar-refractivity contribution is 0.0523. The van der Waals surface area contributed by atoms with Crippen molar-refractivity contribution >= 4 is 52.3 Å². The van der Waals surface area contributed by atoms with Crippen LogP contribution in [0.5, 0.6) is 0 Å². The van der Waals surface area contributed by atoms with Gasteiger partial charge in [0.2, 0.25) is 0 Å². The van der Waals surface area contributed by atoms with Crippen LogP contribution in [0.1, 0.15) is 59.6 Å². The van der Waals surface area contributed by atoms with E-state index in [1.54, 1.807) is 11.3 Å². The fourth-order valence-corrected chi connectivity index (χ4v) is 3.44. The summed E-state index contributed by atoms with van der Waals surface area (Å²) in [5.41, 5.74) is 0.413. The largest absolute Gasteiger partial charge is 0.444 e. The fourth-order valence-electron chi connectivity index (χ4n) is 2.72. The van der Waals surface area contributed by atoms with Gasteiger partial charge in [-0.05, 0) is 34.1 Å². The van der Waals surface area contributed by atoms with Gasteiger partial charge in [0.05, 0.1) is 12.2 Å². The number of carbonyl (C=O) groups excluding carboxylic acids is 1. The number of nitrogens with zero attached hydrogens (tertiary/aromatic N) is 3. The van der Waals surface area contributed by atoms with Crippen LogP contribution in [0.25, 0.3) is 4.96 Å². The van der Waals surface area contributed by atoms with E-state index in [1.807, 2.05) is 49.9 Å². The topological polar surface area (TPSA) is 92.0 Å². The highest BCUT2D eigenvalue weighted by atomic mass is 127. The van der Waals surface area contributed by atoms with E-state index in [0.717, 1.165) is 42.4 Å². The standard InChI is InChI=1S/C20H34N6O2S.HI/c1-6-8-9-15(12-23-19(27)28-20(3,4)5)24-17(21-7-2)22-13-16-14-26-10-11-29-18(26)25-16;/h10-11,14-15H,6-9,12-13H2,1-5H3,(H,23,27)(H2,21,22,24);1H. The van der Waals surface area contributed by atoms with Crippen molar-refractivity contribution in [3.63, 3.8) is 0 Å². The third kappa shape index (κ3) is 9.50. The number of alkyl carbamates (subject to hydrolysis) is 1. The number of hydrogen-bond donors (Lipinski definition) is 3. The van der Waals surface area contributed by atoms with Gasteiger partial charge in [-0.15, -0.1) is 35.3 Å². The zero-order valence-corrected chi connectivity index (χ0v) is 21.7. The molecule has 0 saturated carbocycles. The first-order valence-corrected chi connectivity index (χ1v) is 11.1. The van der Waals surface area contributed by atoms with Crippen LogP contribution in [0.4, 0.5) is 4.79 Å². The minimum Gasteiger partial charge on any atom is -0.444 e. The predicted octanol–water partition coefficient (Wildman–Crippen LogP) is 4.15. The lowest BCUT2D eigenvalue weighted by atomic mass is 10.1. The molecule has 0 aliphatic heterocycles. The van der Waals surface area contributed by atoms with Gasteiger partial charge in [0.1, 0.15) is 5.60 Å². The molecule has 30 heavy (non-hydrogen) atoms. The third-order valence-corrected chi connectivity index (χ3v) is 4.80. The minimum absolute atomic E-state index is 0. The molecule has 10 heteroatoms. The molecule has 0 saturated heterocycles. The first-order chi connectivity index (χ1) is 13.8. The summed E-state index contributed by atoms with van der Waals surface area (Å²) in [6.45, 7) is 11.5. The molecule has 1 unspecified atom stereocenters. The Morgan fingerprint density at radius 3 is 2.73 bits per heavy atom. The number of halogens is 1. The summed E-state index contributed by atoms with van der Waals surface area (Å²) in [6.07, 6.45) is 6.66. The quantitative estimate of drug-likeness (QED) is 0.248. The molecule has 0 fully saturated rings. The van der Waals surface area contributed by atoms with Crippen molar-refractivity contribution in [1.29, 1.82) is 0 Å². The van der Waals surface area contributed by atoms with Crippen LogP contribution in [-0.2, 0) is 11.3 Å². The number of thiazole rings is 1. The second-order valence-electron chi connectivity index (χ2n) is 7.89. The molecule has 2 heterocycles. The summed E-state index contributed by atoms with van der Waals surface area (Å²) in [5, 5.41) is 11.6. The number of aliphatic imine (C=N–C) groups is 1. The van der Waals surface area contributed by atoms with Crippen LogP contribution in [0, 0.1) is 0 Å². The SMILES string of the molecule is CCCCC(CNC(=O)OC(C)(C)C)NC(=NCc1cn2ccsc2n1)NCC.I. The highest BCUT2D eigenvalue weighted by Gasteiger charge is 2.18. The van der Waals surface area contributed by atoms with Crippen molar-refractivity contribution in [2.75, 3.05) is 13.1 Å². The number of unbranched alkanes of at least 4 members (excludes halogenated alkanes) is 1. The number of carbonyl (C=O) groups is 1. The van der Waals surface area contributed by atoms with E-state index in [1.165, 1.54) is 0 Å². The Hall–Kier alpha value is -1.56. The molecule has 0 aliphatic rings. The van der Waals surface area contributed by atoms with Gasteiger partial charge in [-0.2, -0.15) is 0 Å². The van der Waals surface area contributed by atoms with Crippen molar-refractivity contribution in [1.82, 2.24) is 25.3 Å². The molecule has 2 aromatic heterocycles. The number of guanidine groups is 1. The lowest BCUT2D eigenvalue weighted by Crippen LogP contribution is -2.49. The highest BCUT2D eigenvalue weighted by Crippen LogP contribution is 2.12. The van der Waals surface area contributed by atoms with Gasteiger partial charge < -0.3 is 20.7 Å². The van der Waals surface area contributed by atoms with Gasteiger partial charge in [-0.1, -0.05) is 19.8 Å². The number of imidazole rings is 1. The summed E-state index contributed by atoms with van der Waals surface area (Å²) >= 11 is 1.61. The molecular weight excluding hydrogens is 515 g/mol. The molecule has 1 atom stereocenters. The van der Waals surface area contributed by atoms with Crippen LogP contribution in [0.15, 0.2) is 22.8 Å². The number of fused-ring (bicyclic) bond motifs is 1. The molecule has 0 aromatic carbocycles. The van der Waals surface area contributed by atoms with Gasteiger partial charge in [-0.3, -0.25) is 4.40 Å². The maximum atomic E-state index is 12.0. The monoisotopic (exact) mass is 550 g/mol. The maximum Gasteiger partial charge on any atom is 0.407 e. The zero-order valence-electron chi connectivity index (χ0n) is 18.5. The summed E-state index contributed by atoms with van der Waals surface area (Å²) in [4.78, 5) is 22.2. The number of aromatic nitrogens is 2. The average Bonchev–Trinajstić information content (AvgIpc) is 3.22. The molecule has 3 N–H and O–H groups in total. The van der Waals surface area contributed by atoms with Gasteiger partial charge in [0.25, 0.3) is 0 Å². The summed E-state index contributed by atoms with van der Waals surface area (Å²) < 4.78 is 7.34. The second kappa shape index (κ2) is 13.0. The normalized spacial score (nSPS) is 12.9. The third-order valence-electron chi connectivity index (χ3n) is 4.03. The smallest absolute Gasteiger partial charge is 0.407 e. The number of rotatable bonds is 9. The van der Waals surface area contributed by atoms with Crippen LogP contribution < -0.4 is 16.0 Å². The number of hydrogen-bond acceptors (Lipinski definition) is 5. The van der Waals surface area contributed by atoms with E-state index >= 15 is 0 Å². The Balaban J connectivity index is 0.00000450. The lowest BCUT2D eigenvalue weighted by Gasteiger charge is -2.24. The average molecular weight is 551 g/mol. The van der Waals surface area contributed by atoms with Crippen LogP contribution in [0.2, 0.25) is 0 Å². The van der Waals surface area contributed by atoms with Crippen molar-refractivity contribution in [3.8, 4) is 0 Å². The van der Waals surface area contributed by atoms with E-state index in [-0.39, 0.29) is 30.0 Å². The molecule has 0 aliphatic carbocycles. The first-order valence-electron chi connectivity index (χ1n) is 10.2. The molecule has 0 radical (unpaired) electrons. The molecule has 2 aromatic rings. The molecule has 1 amide bonds. The van der Waals surface area contributed by atoms with Crippen molar-refractivity contribution in [3.05, 3.63) is 23.5 Å². The number of nitrogens with one attached hydrogen (secondary N) is 3. The van der Waals surface area contributed by atoms with E-state index < -0.39 is 11.7 Å². The summed E-state index contributed by atoms with van der Waals surface area (Å²) in [6, 6.07) is 0.0609. The Labute approximate surface area is 200 Å². The van der Waals surface area contributed by atoms with Gasteiger partial charge in [0, 0.05) is 36.9 Å². The molecule has 2 rings (SSSR count).